The van der Waals surface area contributed by atoms with Crippen LogP contribution in [-0.2, 0) is 9.47 Å². The molecule has 1 saturated heterocycles. The molecule has 2 rings (SSSR count). The molecule has 2 fully saturated rings. The highest BCUT2D eigenvalue weighted by Gasteiger charge is 2.43. The van der Waals surface area contributed by atoms with Crippen molar-refractivity contribution in [3.05, 3.63) is 12.3 Å². The van der Waals surface area contributed by atoms with Crippen molar-refractivity contribution in [3.8, 4) is 0 Å². The van der Waals surface area contributed by atoms with Gasteiger partial charge in [-0.15, -0.1) is 0 Å². The molecule has 0 aromatic rings. The molecule has 0 aromatic heterocycles. The van der Waals surface area contributed by atoms with Gasteiger partial charge in [0.15, 0.2) is 0 Å². The zero-order valence-electron chi connectivity index (χ0n) is 7.53. The fraction of sp³-hybridized carbons (Fsp3) is 0.800. The molecule has 0 N–H and O–H groups in total. The van der Waals surface area contributed by atoms with E-state index in [9.17, 15) is 0 Å². The van der Waals surface area contributed by atoms with Crippen molar-refractivity contribution in [3.63, 3.8) is 0 Å². The predicted octanol–water partition coefficient (Wildman–Crippen LogP) is 2.10. The van der Waals surface area contributed by atoms with E-state index in [0.717, 1.165) is 12.5 Å². The summed E-state index contributed by atoms with van der Waals surface area (Å²) in [6.07, 6.45) is 8.63. The van der Waals surface area contributed by atoms with Crippen LogP contribution < -0.4 is 0 Å². The third-order valence-corrected chi connectivity index (χ3v) is 2.68. The molecular formula is C10H16O2. The van der Waals surface area contributed by atoms with E-state index in [-0.39, 0.29) is 0 Å². The van der Waals surface area contributed by atoms with E-state index in [1.165, 1.54) is 19.3 Å². The summed E-state index contributed by atoms with van der Waals surface area (Å²) in [5, 5.41) is 0. The average molecular weight is 168 g/mol. The molecule has 2 heteroatoms. The smallest absolute Gasteiger partial charge is 0.0902 e. The maximum Gasteiger partial charge on any atom is 0.0902 e. The van der Waals surface area contributed by atoms with Gasteiger partial charge in [-0.05, 0) is 32.1 Å². The monoisotopic (exact) mass is 168 g/mol. The Kier molecular flexibility index (Phi) is 2.35. The third-order valence-electron chi connectivity index (χ3n) is 2.68. The predicted molar refractivity (Wildman–Crippen MR) is 46.8 cm³/mol. The quantitative estimate of drug-likeness (QED) is 0.475. The molecule has 0 spiro atoms. The van der Waals surface area contributed by atoms with Gasteiger partial charge in [-0.3, -0.25) is 0 Å². The largest absolute Gasteiger partial charge is 0.501 e. The maximum atomic E-state index is 5.44. The highest BCUT2D eigenvalue weighted by molar-refractivity contribution is 4.91. The lowest BCUT2D eigenvalue weighted by Gasteiger charge is -2.17. The lowest BCUT2D eigenvalue weighted by atomic mass is 9.90. The Morgan fingerprint density at radius 2 is 2.33 bits per heavy atom. The van der Waals surface area contributed by atoms with Crippen molar-refractivity contribution in [2.45, 2.75) is 38.4 Å². The Hall–Kier alpha value is -0.500. The summed E-state index contributed by atoms with van der Waals surface area (Å²) in [7, 11) is 0. The van der Waals surface area contributed by atoms with Crippen LogP contribution in [0, 0.1) is 5.92 Å². The second-order valence-electron chi connectivity index (χ2n) is 3.69. The van der Waals surface area contributed by atoms with Gasteiger partial charge in [0.1, 0.15) is 0 Å². The molecule has 1 heterocycles. The van der Waals surface area contributed by atoms with Crippen LogP contribution in [0.5, 0.6) is 0 Å². The van der Waals surface area contributed by atoms with Gasteiger partial charge in [0.2, 0.25) is 0 Å². The Labute approximate surface area is 73.5 Å². The summed E-state index contributed by atoms with van der Waals surface area (Å²) in [5.41, 5.74) is 0. The van der Waals surface area contributed by atoms with Crippen molar-refractivity contribution in [2.75, 3.05) is 6.61 Å². The number of ether oxygens (including phenoxy) is 2. The van der Waals surface area contributed by atoms with Crippen LogP contribution in [0.25, 0.3) is 0 Å². The Morgan fingerprint density at radius 1 is 1.42 bits per heavy atom. The molecule has 68 valence electrons. The van der Waals surface area contributed by atoms with Crippen LogP contribution in [-0.4, -0.2) is 18.8 Å². The molecule has 3 unspecified atom stereocenters. The molecule has 0 radical (unpaired) electrons. The van der Waals surface area contributed by atoms with Gasteiger partial charge in [-0.2, -0.15) is 0 Å². The van der Waals surface area contributed by atoms with E-state index in [0.29, 0.717) is 12.2 Å². The van der Waals surface area contributed by atoms with E-state index in [1.54, 1.807) is 6.26 Å². The minimum absolute atomic E-state index is 0.581. The summed E-state index contributed by atoms with van der Waals surface area (Å²) in [5.74, 6) is 0.727. The van der Waals surface area contributed by atoms with Gasteiger partial charge < -0.3 is 9.47 Å². The lowest BCUT2D eigenvalue weighted by Crippen LogP contribution is -2.17. The van der Waals surface area contributed by atoms with E-state index in [1.807, 2.05) is 13.0 Å². The van der Waals surface area contributed by atoms with Crippen LogP contribution in [0.4, 0.5) is 0 Å². The van der Waals surface area contributed by atoms with E-state index >= 15 is 0 Å². The lowest BCUT2D eigenvalue weighted by molar-refractivity contribution is 0.171. The standard InChI is InChI=1S/C10H16O2/c1-2-5-11-7-8-3-4-9-10(6-8)12-9/h2,5,8-10H,3-4,6-7H2,1H3. The minimum atomic E-state index is 0.581. The Balaban J connectivity index is 1.67. The van der Waals surface area contributed by atoms with Crippen LogP contribution in [0.3, 0.4) is 0 Å². The fourth-order valence-corrected chi connectivity index (χ4v) is 1.93. The molecule has 3 atom stereocenters. The number of epoxide rings is 1. The number of rotatable bonds is 3. The molecule has 0 aromatic carbocycles. The summed E-state index contributed by atoms with van der Waals surface area (Å²) < 4.78 is 10.8. The highest BCUT2D eigenvalue weighted by atomic mass is 16.6. The number of hydrogen-bond donors (Lipinski definition) is 0. The molecular weight excluding hydrogens is 152 g/mol. The van der Waals surface area contributed by atoms with E-state index in [2.05, 4.69) is 0 Å². The summed E-state index contributed by atoms with van der Waals surface area (Å²) in [6, 6.07) is 0. The third kappa shape index (κ3) is 1.81. The van der Waals surface area contributed by atoms with Crippen molar-refractivity contribution >= 4 is 0 Å². The van der Waals surface area contributed by atoms with Crippen LogP contribution in [0.2, 0.25) is 0 Å². The van der Waals surface area contributed by atoms with Gasteiger partial charge in [0.05, 0.1) is 25.1 Å². The summed E-state index contributed by atoms with van der Waals surface area (Å²) >= 11 is 0. The topological polar surface area (TPSA) is 21.8 Å². The fourth-order valence-electron chi connectivity index (χ4n) is 1.93. The second kappa shape index (κ2) is 3.48. The first-order valence-corrected chi connectivity index (χ1v) is 4.78. The molecule has 12 heavy (non-hydrogen) atoms. The maximum absolute atomic E-state index is 5.44. The summed E-state index contributed by atoms with van der Waals surface area (Å²) in [6.45, 7) is 2.85. The molecule has 2 aliphatic rings. The van der Waals surface area contributed by atoms with Crippen LogP contribution >= 0.6 is 0 Å². The van der Waals surface area contributed by atoms with Crippen molar-refractivity contribution in [1.29, 1.82) is 0 Å². The Morgan fingerprint density at radius 3 is 3.08 bits per heavy atom. The first kappa shape index (κ1) is 8.11. The molecule has 0 bridgehead atoms. The first-order valence-electron chi connectivity index (χ1n) is 4.78. The zero-order chi connectivity index (χ0) is 8.39. The number of hydrogen-bond acceptors (Lipinski definition) is 2. The summed E-state index contributed by atoms with van der Waals surface area (Å²) in [4.78, 5) is 0. The Bertz CT molecular complexity index is 177. The van der Waals surface area contributed by atoms with Crippen LogP contribution in [0.15, 0.2) is 12.3 Å². The minimum Gasteiger partial charge on any atom is -0.501 e. The van der Waals surface area contributed by atoms with E-state index in [4.69, 9.17) is 9.47 Å². The van der Waals surface area contributed by atoms with Crippen molar-refractivity contribution in [2.24, 2.45) is 5.92 Å². The normalized spacial score (nSPS) is 39.6. The molecule has 0 amide bonds. The number of fused-ring (bicyclic) bond motifs is 1. The molecule has 2 nitrogen and oxygen atoms in total. The van der Waals surface area contributed by atoms with Gasteiger partial charge in [-0.1, -0.05) is 6.08 Å². The van der Waals surface area contributed by atoms with Gasteiger partial charge in [0, 0.05) is 0 Å². The molecule has 1 saturated carbocycles. The van der Waals surface area contributed by atoms with Crippen molar-refractivity contribution in [1.82, 2.24) is 0 Å². The van der Waals surface area contributed by atoms with E-state index < -0.39 is 0 Å². The first-order chi connectivity index (χ1) is 5.90. The SMILES string of the molecule is CC=COCC1CCC2OC2C1. The van der Waals surface area contributed by atoms with Gasteiger partial charge in [0.25, 0.3) is 0 Å². The second-order valence-corrected chi connectivity index (χ2v) is 3.69. The zero-order valence-corrected chi connectivity index (χ0v) is 7.53. The average Bonchev–Trinajstić information content (AvgIpc) is 2.83. The highest BCUT2D eigenvalue weighted by Crippen LogP contribution is 2.39. The van der Waals surface area contributed by atoms with Gasteiger partial charge >= 0.3 is 0 Å². The number of allylic oxidation sites excluding steroid dienone is 1. The van der Waals surface area contributed by atoms with Gasteiger partial charge in [-0.25, -0.2) is 0 Å². The molecule has 1 aliphatic carbocycles. The van der Waals surface area contributed by atoms with Crippen molar-refractivity contribution < 1.29 is 9.47 Å². The van der Waals surface area contributed by atoms with Crippen LogP contribution in [0.1, 0.15) is 26.2 Å². The molecule has 1 aliphatic heterocycles.